The maximum Gasteiger partial charge on any atom is 0.289 e. The van der Waals surface area contributed by atoms with Gasteiger partial charge in [0.25, 0.3) is 5.69 Å². The summed E-state index contributed by atoms with van der Waals surface area (Å²) in [5.41, 5.74) is 6.88. The molecule has 1 aromatic carbocycles. The quantitative estimate of drug-likeness (QED) is 0.528. The fourth-order valence-corrected chi connectivity index (χ4v) is 1.68. The third-order valence-corrected chi connectivity index (χ3v) is 2.68. The van der Waals surface area contributed by atoms with Gasteiger partial charge >= 0.3 is 0 Å². The van der Waals surface area contributed by atoms with Gasteiger partial charge in [0.2, 0.25) is 5.88 Å². The monoisotopic (exact) mass is 279 g/mol. The molecule has 0 fully saturated rings. The third kappa shape index (κ3) is 2.92. The standard InChI is InChI=1S/C12H10ClN3O3/c1-7-4-8(14)2-3-11(7)19-12-10(13)5-9(6-15-12)16(17)18/h2-6H,14H2,1H3. The number of rotatable bonds is 3. The van der Waals surface area contributed by atoms with Gasteiger partial charge in [-0.2, -0.15) is 0 Å². The van der Waals surface area contributed by atoms with Crippen LogP contribution in [-0.4, -0.2) is 9.91 Å². The maximum atomic E-state index is 10.6. The molecule has 0 saturated heterocycles. The molecule has 6 nitrogen and oxygen atoms in total. The molecule has 1 heterocycles. The van der Waals surface area contributed by atoms with Crippen molar-refractivity contribution in [1.82, 2.24) is 4.98 Å². The highest BCUT2D eigenvalue weighted by Crippen LogP contribution is 2.31. The van der Waals surface area contributed by atoms with Crippen LogP contribution in [0.1, 0.15) is 5.56 Å². The van der Waals surface area contributed by atoms with Gasteiger partial charge in [-0.05, 0) is 30.7 Å². The molecular weight excluding hydrogens is 270 g/mol. The molecule has 98 valence electrons. The lowest BCUT2D eigenvalue weighted by Crippen LogP contribution is -1.95. The van der Waals surface area contributed by atoms with Crippen molar-refractivity contribution in [1.29, 1.82) is 0 Å². The SMILES string of the molecule is Cc1cc(N)ccc1Oc1ncc([N+](=O)[O-])cc1Cl. The van der Waals surface area contributed by atoms with E-state index in [1.54, 1.807) is 18.2 Å². The number of aryl methyl sites for hydroxylation is 1. The Morgan fingerprint density at radius 3 is 2.74 bits per heavy atom. The van der Waals surface area contributed by atoms with E-state index in [0.29, 0.717) is 11.4 Å². The summed E-state index contributed by atoms with van der Waals surface area (Å²) in [6.45, 7) is 1.82. The van der Waals surface area contributed by atoms with E-state index in [9.17, 15) is 10.1 Å². The fraction of sp³-hybridized carbons (Fsp3) is 0.0833. The number of halogens is 1. The molecule has 0 spiro atoms. The lowest BCUT2D eigenvalue weighted by atomic mass is 10.2. The van der Waals surface area contributed by atoms with Crippen LogP contribution in [0, 0.1) is 17.0 Å². The van der Waals surface area contributed by atoms with Gasteiger partial charge in [-0.25, -0.2) is 4.98 Å². The molecule has 19 heavy (non-hydrogen) atoms. The normalized spacial score (nSPS) is 10.2. The Balaban J connectivity index is 2.31. The van der Waals surface area contributed by atoms with Crippen molar-refractivity contribution in [3.05, 3.63) is 51.2 Å². The van der Waals surface area contributed by atoms with E-state index >= 15 is 0 Å². The van der Waals surface area contributed by atoms with Crippen LogP contribution in [0.4, 0.5) is 11.4 Å². The van der Waals surface area contributed by atoms with E-state index in [4.69, 9.17) is 22.1 Å². The van der Waals surface area contributed by atoms with Crippen LogP contribution in [0.25, 0.3) is 0 Å². The van der Waals surface area contributed by atoms with Gasteiger partial charge in [0.1, 0.15) is 17.0 Å². The van der Waals surface area contributed by atoms with Crippen LogP contribution in [-0.2, 0) is 0 Å². The van der Waals surface area contributed by atoms with Crippen molar-refractivity contribution in [3.63, 3.8) is 0 Å². The minimum absolute atomic E-state index is 0.0745. The predicted octanol–water partition coefficient (Wildman–Crippen LogP) is 3.33. The van der Waals surface area contributed by atoms with Gasteiger partial charge in [0.05, 0.1) is 4.92 Å². The molecule has 2 rings (SSSR count). The molecule has 0 radical (unpaired) electrons. The Morgan fingerprint density at radius 1 is 1.42 bits per heavy atom. The smallest absolute Gasteiger partial charge is 0.289 e. The number of anilines is 1. The summed E-state index contributed by atoms with van der Waals surface area (Å²) < 4.78 is 5.51. The Hall–Kier alpha value is -2.34. The van der Waals surface area contributed by atoms with Crippen molar-refractivity contribution >= 4 is 23.0 Å². The molecule has 0 unspecified atom stereocenters. The van der Waals surface area contributed by atoms with Gasteiger partial charge in [-0.3, -0.25) is 10.1 Å². The van der Waals surface area contributed by atoms with Crippen LogP contribution in [0.5, 0.6) is 11.6 Å². The summed E-state index contributed by atoms with van der Waals surface area (Å²) in [4.78, 5) is 13.8. The number of nitrogens with two attached hydrogens (primary N) is 1. The minimum Gasteiger partial charge on any atom is -0.437 e. The minimum atomic E-state index is -0.572. The van der Waals surface area contributed by atoms with Gasteiger partial charge in [-0.1, -0.05) is 11.6 Å². The number of hydrogen-bond acceptors (Lipinski definition) is 5. The molecule has 0 aliphatic heterocycles. The molecule has 0 aliphatic carbocycles. The van der Waals surface area contributed by atoms with Gasteiger partial charge < -0.3 is 10.5 Å². The van der Waals surface area contributed by atoms with Crippen LogP contribution < -0.4 is 10.5 Å². The van der Waals surface area contributed by atoms with Crippen molar-refractivity contribution in [2.45, 2.75) is 6.92 Å². The molecular formula is C12H10ClN3O3. The van der Waals surface area contributed by atoms with Gasteiger partial charge in [0.15, 0.2) is 0 Å². The first-order chi connectivity index (χ1) is 8.97. The lowest BCUT2D eigenvalue weighted by molar-refractivity contribution is -0.385. The summed E-state index contributed by atoms with van der Waals surface area (Å²) in [5, 5.41) is 10.6. The number of benzene rings is 1. The summed E-state index contributed by atoms with van der Waals surface area (Å²) in [5.74, 6) is 0.651. The van der Waals surface area contributed by atoms with E-state index < -0.39 is 4.92 Å². The fourth-order valence-electron chi connectivity index (χ4n) is 1.48. The molecule has 2 N–H and O–H groups in total. The molecule has 0 amide bonds. The second-order valence-electron chi connectivity index (χ2n) is 3.86. The van der Waals surface area contributed by atoms with Gasteiger partial charge in [0, 0.05) is 11.8 Å². The first kappa shape index (κ1) is 13.1. The second-order valence-corrected chi connectivity index (χ2v) is 4.27. The summed E-state index contributed by atoms with van der Waals surface area (Å²) in [7, 11) is 0. The number of pyridine rings is 1. The highest BCUT2D eigenvalue weighted by molar-refractivity contribution is 6.32. The molecule has 0 saturated carbocycles. The molecule has 0 atom stereocenters. The first-order valence-electron chi connectivity index (χ1n) is 5.31. The molecule has 7 heteroatoms. The third-order valence-electron chi connectivity index (χ3n) is 2.41. The van der Waals surface area contributed by atoms with Gasteiger partial charge in [-0.15, -0.1) is 0 Å². The van der Waals surface area contributed by atoms with Crippen LogP contribution in [0.3, 0.4) is 0 Å². The zero-order chi connectivity index (χ0) is 14.0. The topological polar surface area (TPSA) is 91.3 Å². The van der Waals surface area contributed by atoms with E-state index in [1.807, 2.05) is 6.92 Å². The summed E-state index contributed by atoms with van der Waals surface area (Å²) in [6.07, 6.45) is 1.09. The van der Waals surface area contributed by atoms with E-state index in [2.05, 4.69) is 4.98 Å². The number of hydrogen-bond donors (Lipinski definition) is 1. The van der Waals surface area contributed by atoms with Crippen molar-refractivity contribution in [2.75, 3.05) is 5.73 Å². The average molecular weight is 280 g/mol. The Bertz CT molecular complexity index is 646. The number of aromatic nitrogens is 1. The van der Waals surface area contributed by atoms with Crippen molar-refractivity contribution < 1.29 is 9.66 Å². The maximum absolute atomic E-state index is 10.6. The average Bonchev–Trinajstić information content (AvgIpc) is 2.34. The Kier molecular flexibility index (Phi) is 3.52. The second kappa shape index (κ2) is 5.11. The highest BCUT2D eigenvalue weighted by Gasteiger charge is 2.13. The van der Waals surface area contributed by atoms with Crippen LogP contribution in [0.15, 0.2) is 30.5 Å². The van der Waals surface area contributed by atoms with E-state index in [-0.39, 0.29) is 16.6 Å². The Morgan fingerprint density at radius 2 is 2.16 bits per heavy atom. The molecule has 0 aliphatic rings. The number of nitro groups is 1. The predicted molar refractivity (Wildman–Crippen MR) is 71.6 cm³/mol. The molecule has 0 bridgehead atoms. The number of nitrogens with zero attached hydrogens (tertiary/aromatic N) is 2. The largest absolute Gasteiger partial charge is 0.437 e. The van der Waals surface area contributed by atoms with Crippen molar-refractivity contribution in [2.24, 2.45) is 0 Å². The number of nitrogen functional groups attached to an aromatic ring is 1. The first-order valence-corrected chi connectivity index (χ1v) is 5.69. The lowest BCUT2D eigenvalue weighted by Gasteiger charge is -2.09. The van der Waals surface area contributed by atoms with Crippen LogP contribution in [0.2, 0.25) is 5.02 Å². The summed E-state index contributed by atoms with van der Waals surface area (Å²) in [6, 6.07) is 6.30. The van der Waals surface area contributed by atoms with Crippen LogP contribution >= 0.6 is 11.6 Å². The molecule has 2 aromatic rings. The van der Waals surface area contributed by atoms with E-state index in [1.165, 1.54) is 6.07 Å². The van der Waals surface area contributed by atoms with Crippen molar-refractivity contribution in [3.8, 4) is 11.6 Å². The summed E-state index contributed by atoms with van der Waals surface area (Å²) >= 11 is 5.89. The zero-order valence-corrected chi connectivity index (χ0v) is 10.7. The molecule has 1 aromatic heterocycles. The number of ether oxygens (including phenoxy) is 1. The zero-order valence-electron chi connectivity index (χ0n) is 9.96. The van der Waals surface area contributed by atoms with E-state index in [0.717, 1.165) is 11.8 Å². The Labute approximate surface area is 113 Å². The highest BCUT2D eigenvalue weighted by atomic mass is 35.5.